The average Bonchev–Trinajstić information content (AvgIpc) is 2.93. The summed E-state index contributed by atoms with van der Waals surface area (Å²) in [6.07, 6.45) is 0. The summed E-state index contributed by atoms with van der Waals surface area (Å²) in [6.45, 7) is 6.46. The summed E-state index contributed by atoms with van der Waals surface area (Å²) in [7, 11) is 1.86. The lowest BCUT2D eigenvalue weighted by atomic mass is 9.76. The maximum atomic E-state index is 12.8. The van der Waals surface area contributed by atoms with Gasteiger partial charge in [-0.05, 0) is 31.9 Å². The van der Waals surface area contributed by atoms with Crippen molar-refractivity contribution in [3.8, 4) is 0 Å². The fourth-order valence-corrected chi connectivity index (χ4v) is 3.43. The van der Waals surface area contributed by atoms with Crippen LogP contribution in [0.1, 0.15) is 39.8 Å². The third-order valence-corrected chi connectivity index (χ3v) is 5.16. The van der Waals surface area contributed by atoms with E-state index in [0.717, 1.165) is 11.4 Å². The van der Waals surface area contributed by atoms with E-state index in [2.05, 4.69) is 41.6 Å². The van der Waals surface area contributed by atoms with Gasteiger partial charge in [-0.15, -0.1) is 0 Å². The smallest absolute Gasteiger partial charge is 0.255 e. The number of benzene rings is 2. The molecule has 4 nitrogen and oxygen atoms in total. The Labute approximate surface area is 154 Å². The Hall–Kier alpha value is -2.88. The van der Waals surface area contributed by atoms with Gasteiger partial charge < -0.3 is 5.32 Å². The molecule has 0 spiro atoms. The van der Waals surface area contributed by atoms with Crippen LogP contribution in [0.25, 0.3) is 0 Å². The zero-order valence-corrected chi connectivity index (χ0v) is 15.8. The third kappa shape index (κ3) is 3.27. The van der Waals surface area contributed by atoms with Gasteiger partial charge in [-0.1, -0.05) is 60.7 Å². The lowest BCUT2D eigenvalue weighted by molar-refractivity contribution is 0.0946. The highest BCUT2D eigenvalue weighted by molar-refractivity contribution is 5.96. The van der Waals surface area contributed by atoms with Crippen LogP contribution in [0.3, 0.4) is 0 Å². The van der Waals surface area contributed by atoms with Gasteiger partial charge in [0, 0.05) is 24.7 Å². The first-order valence-corrected chi connectivity index (χ1v) is 8.83. The molecule has 0 radical (unpaired) electrons. The summed E-state index contributed by atoms with van der Waals surface area (Å²) < 4.78 is 1.75. The predicted octanol–water partition coefficient (Wildman–Crippen LogP) is 3.77. The normalized spacial score (nSPS) is 11.4. The van der Waals surface area contributed by atoms with Crippen LogP contribution in [-0.4, -0.2) is 22.2 Å². The molecular weight excluding hydrogens is 322 g/mol. The van der Waals surface area contributed by atoms with Crippen molar-refractivity contribution in [2.75, 3.05) is 6.54 Å². The fraction of sp³-hybridized carbons (Fsp3) is 0.273. The number of nitrogens with one attached hydrogen (secondary N) is 1. The number of aromatic nitrogens is 2. The number of hydrogen-bond donors (Lipinski definition) is 1. The SMILES string of the molecule is Cc1nn(C)c(C)c1C(=O)NCC(C)(c1ccccc1)c1ccccc1. The van der Waals surface area contributed by atoms with Crippen molar-refractivity contribution in [2.24, 2.45) is 7.05 Å². The molecule has 0 aliphatic heterocycles. The molecule has 0 saturated heterocycles. The Balaban J connectivity index is 1.91. The highest BCUT2D eigenvalue weighted by atomic mass is 16.1. The number of hydrogen-bond acceptors (Lipinski definition) is 2. The summed E-state index contributed by atoms with van der Waals surface area (Å²) in [5.74, 6) is -0.0776. The molecular formula is C22H25N3O. The van der Waals surface area contributed by atoms with Crippen LogP contribution in [0.15, 0.2) is 60.7 Å². The molecule has 0 saturated carbocycles. The molecule has 0 bridgehead atoms. The van der Waals surface area contributed by atoms with Gasteiger partial charge in [0.05, 0.1) is 11.3 Å². The Kier molecular flexibility index (Phi) is 4.94. The highest BCUT2D eigenvalue weighted by Gasteiger charge is 2.30. The number of carbonyl (C=O) groups is 1. The fourth-order valence-electron chi connectivity index (χ4n) is 3.43. The van der Waals surface area contributed by atoms with E-state index in [4.69, 9.17) is 0 Å². The van der Waals surface area contributed by atoms with Crippen molar-refractivity contribution in [1.29, 1.82) is 0 Å². The maximum Gasteiger partial charge on any atom is 0.255 e. The van der Waals surface area contributed by atoms with Crippen molar-refractivity contribution < 1.29 is 4.79 Å². The minimum absolute atomic E-state index is 0.0776. The molecule has 0 aliphatic carbocycles. The molecule has 26 heavy (non-hydrogen) atoms. The summed E-state index contributed by atoms with van der Waals surface area (Å²) in [5, 5.41) is 7.49. The molecule has 4 heteroatoms. The van der Waals surface area contributed by atoms with Crippen LogP contribution in [0.4, 0.5) is 0 Å². The molecule has 1 N–H and O–H groups in total. The van der Waals surface area contributed by atoms with Gasteiger partial charge in [-0.2, -0.15) is 5.10 Å². The quantitative estimate of drug-likeness (QED) is 0.764. The minimum Gasteiger partial charge on any atom is -0.351 e. The maximum absolute atomic E-state index is 12.8. The highest BCUT2D eigenvalue weighted by Crippen LogP contribution is 2.31. The van der Waals surface area contributed by atoms with E-state index < -0.39 is 0 Å². The molecule has 0 atom stereocenters. The zero-order chi connectivity index (χ0) is 18.7. The van der Waals surface area contributed by atoms with Crippen LogP contribution < -0.4 is 5.32 Å². The van der Waals surface area contributed by atoms with E-state index in [1.165, 1.54) is 11.1 Å². The van der Waals surface area contributed by atoms with Crippen LogP contribution in [-0.2, 0) is 12.5 Å². The topological polar surface area (TPSA) is 46.9 Å². The second kappa shape index (κ2) is 7.16. The van der Waals surface area contributed by atoms with Gasteiger partial charge >= 0.3 is 0 Å². The van der Waals surface area contributed by atoms with E-state index in [1.807, 2.05) is 57.3 Å². The lowest BCUT2D eigenvalue weighted by Crippen LogP contribution is -2.40. The average molecular weight is 347 g/mol. The van der Waals surface area contributed by atoms with Gasteiger partial charge in [0.1, 0.15) is 0 Å². The van der Waals surface area contributed by atoms with Crippen molar-refractivity contribution >= 4 is 5.91 Å². The van der Waals surface area contributed by atoms with Crippen molar-refractivity contribution in [1.82, 2.24) is 15.1 Å². The number of aryl methyl sites for hydroxylation is 2. The molecule has 134 valence electrons. The summed E-state index contributed by atoms with van der Waals surface area (Å²) >= 11 is 0. The molecule has 0 unspecified atom stereocenters. The molecule has 3 aromatic rings. The monoisotopic (exact) mass is 347 g/mol. The van der Waals surface area contributed by atoms with E-state index in [1.54, 1.807) is 4.68 Å². The molecule has 2 aromatic carbocycles. The number of nitrogens with zero attached hydrogens (tertiary/aromatic N) is 2. The van der Waals surface area contributed by atoms with E-state index in [0.29, 0.717) is 12.1 Å². The van der Waals surface area contributed by atoms with Crippen LogP contribution in [0.2, 0.25) is 0 Å². The van der Waals surface area contributed by atoms with E-state index >= 15 is 0 Å². The molecule has 0 aliphatic rings. The molecule has 1 heterocycles. The Morgan fingerprint density at radius 2 is 1.50 bits per heavy atom. The first-order chi connectivity index (χ1) is 12.4. The Morgan fingerprint density at radius 3 is 1.92 bits per heavy atom. The number of rotatable bonds is 5. The molecule has 1 amide bonds. The Morgan fingerprint density at radius 1 is 1.00 bits per heavy atom. The number of carbonyl (C=O) groups excluding carboxylic acids is 1. The standard InChI is InChI=1S/C22H25N3O/c1-16-20(17(2)25(4)24-16)21(26)23-15-22(3,18-11-7-5-8-12-18)19-13-9-6-10-14-19/h5-14H,15H2,1-4H3,(H,23,26). The second-order valence-electron chi connectivity index (χ2n) is 6.92. The zero-order valence-electron chi connectivity index (χ0n) is 15.8. The van der Waals surface area contributed by atoms with Gasteiger partial charge in [0.25, 0.3) is 5.91 Å². The molecule has 3 rings (SSSR count). The van der Waals surface area contributed by atoms with E-state index in [9.17, 15) is 4.79 Å². The first-order valence-electron chi connectivity index (χ1n) is 8.83. The van der Waals surface area contributed by atoms with Crippen LogP contribution in [0, 0.1) is 13.8 Å². The van der Waals surface area contributed by atoms with Crippen molar-refractivity contribution in [3.63, 3.8) is 0 Å². The van der Waals surface area contributed by atoms with Crippen LogP contribution in [0.5, 0.6) is 0 Å². The minimum atomic E-state index is -0.317. The van der Waals surface area contributed by atoms with Gasteiger partial charge in [0.15, 0.2) is 0 Å². The summed E-state index contributed by atoms with van der Waals surface area (Å²) in [5.41, 5.74) is 4.32. The second-order valence-corrected chi connectivity index (χ2v) is 6.92. The Bertz CT molecular complexity index is 858. The van der Waals surface area contributed by atoms with Gasteiger partial charge in [0.2, 0.25) is 0 Å². The molecule has 0 fully saturated rings. The van der Waals surface area contributed by atoms with Gasteiger partial charge in [-0.3, -0.25) is 9.48 Å². The third-order valence-electron chi connectivity index (χ3n) is 5.16. The summed E-state index contributed by atoms with van der Waals surface area (Å²) in [6, 6.07) is 20.6. The first kappa shape index (κ1) is 17.9. The van der Waals surface area contributed by atoms with Gasteiger partial charge in [-0.25, -0.2) is 0 Å². The van der Waals surface area contributed by atoms with Crippen molar-refractivity contribution in [3.05, 3.63) is 88.7 Å². The number of amides is 1. The molecule has 1 aromatic heterocycles. The van der Waals surface area contributed by atoms with E-state index in [-0.39, 0.29) is 11.3 Å². The predicted molar refractivity (Wildman–Crippen MR) is 104 cm³/mol. The lowest BCUT2D eigenvalue weighted by Gasteiger charge is -2.31. The van der Waals surface area contributed by atoms with Crippen molar-refractivity contribution in [2.45, 2.75) is 26.2 Å². The largest absolute Gasteiger partial charge is 0.351 e. The van der Waals surface area contributed by atoms with Crippen LogP contribution >= 0.6 is 0 Å². The summed E-state index contributed by atoms with van der Waals surface area (Å²) in [4.78, 5) is 12.8.